The highest BCUT2D eigenvalue weighted by molar-refractivity contribution is 5.10. The van der Waals surface area contributed by atoms with E-state index in [2.05, 4.69) is 11.4 Å². The van der Waals surface area contributed by atoms with Gasteiger partial charge in [-0.1, -0.05) is 11.6 Å². The van der Waals surface area contributed by atoms with Crippen LogP contribution in [0.4, 0.5) is 0 Å². The zero-order valence-electron chi connectivity index (χ0n) is 5.35. The SMILES string of the molecule is N#CCC=C1CCNC1. The number of allylic oxidation sites excluding steroid dienone is 1. The van der Waals surface area contributed by atoms with Gasteiger partial charge in [-0.2, -0.15) is 5.26 Å². The molecule has 0 aromatic carbocycles. The lowest BCUT2D eigenvalue weighted by molar-refractivity contribution is 0.862. The molecule has 0 aromatic heterocycles. The second-order valence-corrected chi connectivity index (χ2v) is 2.15. The van der Waals surface area contributed by atoms with Gasteiger partial charge in [-0.25, -0.2) is 0 Å². The van der Waals surface area contributed by atoms with Crippen LogP contribution in [-0.2, 0) is 0 Å². The van der Waals surface area contributed by atoms with E-state index in [0.717, 1.165) is 19.5 Å². The van der Waals surface area contributed by atoms with Gasteiger partial charge in [-0.3, -0.25) is 0 Å². The van der Waals surface area contributed by atoms with Gasteiger partial charge in [0.05, 0.1) is 12.5 Å². The quantitative estimate of drug-likeness (QED) is 0.523. The monoisotopic (exact) mass is 122 g/mol. The van der Waals surface area contributed by atoms with Crippen LogP contribution in [0.15, 0.2) is 11.6 Å². The van der Waals surface area contributed by atoms with Crippen molar-refractivity contribution in [3.05, 3.63) is 11.6 Å². The summed E-state index contributed by atoms with van der Waals surface area (Å²) in [6.45, 7) is 2.07. The van der Waals surface area contributed by atoms with E-state index < -0.39 is 0 Å². The van der Waals surface area contributed by atoms with Gasteiger partial charge in [0.2, 0.25) is 0 Å². The molecule has 0 aliphatic carbocycles. The van der Waals surface area contributed by atoms with Crippen LogP contribution in [0.3, 0.4) is 0 Å². The number of nitriles is 1. The van der Waals surface area contributed by atoms with E-state index in [-0.39, 0.29) is 0 Å². The van der Waals surface area contributed by atoms with E-state index in [4.69, 9.17) is 5.26 Å². The van der Waals surface area contributed by atoms with E-state index in [1.165, 1.54) is 5.57 Å². The van der Waals surface area contributed by atoms with Gasteiger partial charge >= 0.3 is 0 Å². The number of nitrogens with zero attached hydrogens (tertiary/aromatic N) is 1. The lowest BCUT2D eigenvalue weighted by atomic mass is 10.2. The third kappa shape index (κ3) is 1.87. The third-order valence-electron chi connectivity index (χ3n) is 1.46. The van der Waals surface area contributed by atoms with E-state index in [0.29, 0.717) is 6.42 Å². The molecule has 0 spiro atoms. The van der Waals surface area contributed by atoms with Gasteiger partial charge in [0.25, 0.3) is 0 Å². The molecular weight excluding hydrogens is 112 g/mol. The van der Waals surface area contributed by atoms with Gasteiger partial charge in [0.1, 0.15) is 0 Å². The predicted molar refractivity (Wildman–Crippen MR) is 35.8 cm³/mol. The Bertz CT molecular complexity index is 145. The molecule has 48 valence electrons. The van der Waals surface area contributed by atoms with Gasteiger partial charge in [-0.15, -0.1) is 0 Å². The molecule has 1 rings (SSSR count). The first-order chi connectivity index (χ1) is 4.43. The van der Waals surface area contributed by atoms with Gasteiger partial charge in [0, 0.05) is 6.54 Å². The maximum atomic E-state index is 8.21. The van der Waals surface area contributed by atoms with Crippen molar-refractivity contribution in [1.82, 2.24) is 5.32 Å². The fourth-order valence-corrected chi connectivity index (χ4v) is 0.950. The van der Waals surface area contributed by atoms with Crippen LogP contribution >= 0.6 is 0 Å². The fraction of sp³-hybridized carbons (Fsp3) is 0.571. The van der Waals surface area contributed by atoms with Crippen molar-refractivity contribution in [3.8, 4) is 6.07 Å². The summed E-state index contributed by atoms with van der Waals surface area (Å²) >= 11 is 0. The van der Waals surface area contributed by atoms with Gasteiger partial charge in [-0.05, 0) is 13.0 Å². The molecule has 1 N–H and O–H groups in total. The van der Waals surface area contributed by atoms with Crippen molar-refractivity contribution < 1.29 is 0 Å². The summed E-state index contributed by atoms with van der Waals surface area (Å²) in [6, 6.07) is 2.09. The van der Waals surface area contributed by atoms with Crippen molar-refractivity contribution >= 4 is 0 Å². The molecule has 9 heavy (non-hydrogen) atoms. The molecule has 0 bridgehead atoms. The highest BCUT2D eigenvalue weighted by Gasteiger charge is 2.02. The number of hydrogen-bond acceptors (Lipinski definition) is 2. The van der Waals surface area contributed by atoms with Crippen LogP contribution in [0.5, 0.6) is 0 Å². The third-order valence-corrected chi connectivity index (χ3v) is 1.46. The maximum Gasteiger partial charge on any atom is 0.0663 e. The Morgan fingerprint density at radius 2 is 2.67 bits per heavy atom. The first-order valence-corrected chi connectivity index (χ1v) is 3.19. The van der Waals surface area contributed by atoms with Crippen molar-refractivity contribution in [3.63, 3.8) is 0 Å². The minimum atomic E-state index is 0.566. The minimum Gasteiger partial charge on any atom is -0.313 e. The summed E-state index contributed by atoms with van der Waals surface area (Å²) in [4.78, 5) is 0. The highest BCUT2D eigenvalue weighted by atomic mass is 14.9. The molecule has 0 amide bonds. The van der Waals surface area contributed by atoms with E-state index in [1.54, 1.807) is 0 Å². The van der Waals surface area contributed by atoms with Crippen LogP contribution in [0.2, 0.25) is 0 Å². The molecule has 0 saturated carbocycles. The minimum absolute atomic E-state index is 0.566. The second-order valence-electron chi connectivity index (χ2n) is 2.15. The summed E-state index contributed by atoms with van der Waals surface area (Å²) < 4.78 is 0. The normalized spacial score (nSPS) is 22.3. The first-order valence-electron chi connectivity index (χ1n) is 3.19. The zero-order valence-corrected chi connectivity index (χ0v) is 5.35. The molecule has 1 aliphatic heterocycles. The molecule has 1 heterocycles. The summed E-state index contributed by atoms with van der Waals surface area (Å²) in [5.74, 6) is 0. The molecule has 2 heteroatoms. The van der Waals surface area contributed by atoms with Crippen LogP contribution < -0.4 is 5.32 Å². The molecule has 1 fully saturated rings. The summed E-state index contributed by atoms with van der Waals surface area (Å²) in [7, 11) is 0. The van der Waals surface area contributed by atoms with E-state index in [1.807, 2.05) is 6.08 Å². The van der Waals surface area contributed by atoms with Crippen molar-refractivity contribution in [2.75, 3.05) is 13.1 Å². The van der Waals surface area contributed by atoms with Gasteiger partial charge < -0.3 is 5.32 Å². The standard InChI is InChI=1S/C7H10N2/c8-4-1-2-7-3-5-9-6-7/h2,9H,1,3,5-6H2. The van der Waals surface area contributed by atoms with Gasteiger partial charge in [0.15, 0.2) is 0 Å². The number of hydrogen-bond donors (Lipinski definition) is 1. The van der Waals surface area contributed by atoms with Crippen LogP contribution in [0, 0.1) is 11.3 Å². The average Bonchev–Trinajstić information content (AvgIpc) is 2.34. The van der Waals surface area contributed by atoms with Crippen molar-refractivity contribution in [2.45, 2.75) is 12.8 Å². The van der Waals surface area contributed by atoms with Crippen molar-refractivity contribution in [2.24, 2.45) is 0 Å². The molecule has 2 nitrogen and oxygen atoms in total. The molecule has 0 unspecified atom stereocenters. The first kappa shape index (κ1) is 6.31. The number of rotatable bonds is 1. The summed E-state index contributed by atoms with van der Waals surface area (Å²) in [5, 5.41) is 11.4. The van der Waals surface area contributed by atoms with E-state index in [9.17, 15) is 0 Å². The fourth-order valence-electron chi connectivity index (χ4n) is 0.950. The van der Waals surface area contributed by atoms with E-state index >= 15 is 0 Å². The molecule has 1 aliphatic rings. The summed E-state index contributed by atoms with van der Waals surface area (Å²) in [5.41, 5.74) is 1.39. The molecule has 0 atom stereocenters. The van der Waals surface area contributed by atoms with Crippen LogP contribution in [-0.4, -0.2) is 13.1 Å². The molecule has 1 saturated heterocycles. The Kier molecular flexibility index (Phi) is 2.29. The maximum absolute atomic E-state index is 8.21. The smallest absolute Gasteiger partial charge is 0.0663 e. The molecular formula is C7H10N2. The average molecular weight is 122 g/mol. The Morgan fingerprint density at radius 3 is 3.22 bits per heavy atom. The lowest BCUT2D eigenvalue weighted by Crippen LogP contribution is -2.04. The largest absolute Gasteiger partial charge is 0.313 e. The Hall–Kier alpha value is -0.810. The Morgan fingerprint density at radius 1 is 1.78 bits per heavy atom. The van der Waals surface area contributed by atoms with Crippen LogP contribution in [0.1, 0.15) is 12.8 Å². The topological polar surface area (TPSA) is 35.8 Å². The number of nitrogens with one attached hydrogen (secondary N) is 1. The molecule has 0 aromatic rings. The summed E-state index contributed by atoms with van der Waals surface area (Å²) in [6.07, 6.45) is 3.71. The second kappa shape index (κ2) is 3.26. The van der Waals surface area contributed by atoms with Crippen LogP contribution in [0.25, 0.3) is 0 Å². The van der Waals surface area contributed by atoms with Crippen molar-refractivity contribution in [1.29, 1.82) is 5.26 Å². The Labute approximate surface area is 55.2 Å². The highest BCUT2D eigenvalue weighted by Crippen LogP contribution is 2.05. The lowest BCUT2D eigenvalue weighted by Gasteiger charge is -1.87. The predicted octanol–water partition coefficient (Wildman–Crippen LogP) is 0.820. The zero-order chi connectivity index (χ0) is 6.53. The Balaban J connectivity index is 2.33. The molecule has 0 radical (unpaired) electrons.